The zero-order valence-corrected chi connectivity index (χ0v) is 12.0. The highest BCUT2D eigenvalue weighted by Gasteiger charge is 2.18. The van der Waals surface area contributed by atoms with Gasteiger partial charge in [-0.3, -0.25) is 0 Å². The molecule has 0 fully saturated rings. The third-order valence-corrected chi connectivity index (χ3v) is 4.89. The second-order valence-electron chi connectivity index (χ2n) is 4.44. The van der Waals surface area contributed by atoms with Gasteiger partial charge in [0, 0.05) is 5.69 Å². The summed E-state index contributed by atoms with van der Waals surface area (Å²) < 4.78 is 24.6. The van der Waals surface area contributed by atoms with E-state index in [1.54, 1.807) is 6.07 Å². The molecule has 0 aromatic heterocycles. The maximum Gasteiger partial charge on any atom is 0.183 e. The van der Waals surface area contributed by atoms with Gasteiger partial charge in [-0.25, -0.2) is 8.42 Å². The number of benzene rings is 2. The number of hydrogen-bond acceptors (Lipinski definition) is 3. The molecule has 0 atom stereocenters. The van der Waals surface area contributed by atoms with Crippen molar-refractivity contribution in [1.29, 1.82) is 0 Å². The Morgan fingerprint density at radius 2 is 1.89 bits per heavy atom. The molecule has 3 nitrogen and oxygen atoms in total. The minimum absolute atomic E-state index is 0.0711. The first-order chi connectivity index (χ1) is 8.88. The van der Waals surface area contributed by atoms with Gasteiger partial charge in [-0.1, -0.05) is 41.4 Å². The van der Waals surface area contributed by atoms with Crippen molar-refractivity contribution < 1.29 is 8.42 Å². The third-order valence-electron chi connectivity index (χ3n) is 2.73. The molecule has 100 valence electrons. The Bertz CT molecular complexity index is 711. The molecule has 0 unspecified atom stereocenters. The van der Waals surface area contributed by atoms with E-state index in [9.17, 15) is 8.42 Å². The molecule has 0 bridgehead atoms. The maximum absolute atomic E-state index is 12.3. The molecule has 2 aromatic carbocycles. The van der Waals surface area contributed by atoms with Crippen molar-refractivity contribution in [2.24, 2.45) is 0 Å². The summed E-state index contributed by atoms with van der Waals surface area (Å²) in [6, 6.07) is 11.8. The highest BCUT2D eigenvalue weighted by Crippen LogP contribution is 2.26. The molecule has 0 amide bonds. The van der Waals surface area contributed by atoms with Crippen molar-refractivity contribution in [2.45, 2.75) is 17.6 Å². The Hall–Kier alpha value is -1.52. The minimum atomic E-state index is -3.47. The van der Waals surface area contributed by atoms with Crippen LogP contribution in [0.3, 0.4) is 0 Å². The summed E-state index contributed by atoms with van der Waals surface area (Å²) in [5, 5.41) is 0.160. The van der Waals surface area contributed by atoms with Crippen LogP contribution in [0.5, 0.6) is 0 Å². The van der Waals surface area contributed by atoms with Crippen LogP contribution >= 0.6 is 11.6 Å². The lowest BCUT2D eigenvalue weighted by Crippen LogP contribution is -2.06. The maximum atomic E-state index is 12.3. The molecule has 0 aliphatic heterocycles. The molecule has 0 spiro atoms. The molecule has 0 aliphatic rings. The molecule has 0 saturated carbocycles. The molecule has 5 heteroatoms. The highest BCUT2D eigenvalue weighted by molar-refractivity contribution is 7.90. The van der Waals surface area contributed by atoms with Gasteiger partial charge in [-0.05, 0) is 30.7 Å². The number of halogens is 1. The molecule has 2 N–H and O–H groups in total. The lowest BCUT2D eigenvalue weighted by Gasteiger charge is -2.08. The predicted octanol–water partition coefficient (Wildman–Crippen LogP) is 3.20. The number of aryl methyl sites for hydroxylation is 1. The van der Waals surface area contributed by atoms with Crippen LogP contribution in [0.4, 0.5) is 5.69 Å². The van der Waals surface area contributed by atoms with E-state index >= 15 is 0 Å². The molecule has 0 heterocycles. The number of rotatable bonds is 3. The standard InChI is InChI=1S/C14H14ClNO2S/c1-10-3-2-4-11(7-10)9-19(17,18)14-6-5-12(16)8-13(14)15/h2-8H,9,16H2,1H3. The van der Waals surface area contributed by atoms with Gasteiger partial charge in [0.25, 0.3) is 0 Å². The van der Waals surface area contributed by atoms with E-state index in [1.807, 2.05) is 25.1 Å². The predicted molar refractivity (Wildman–Crippen MR) is 77.9 cm³/mol. The van der Waals surface area contributed by atoms with Gasteiger partial charge in [0.1, 0.15) is 0 Å². The van der Waals surface area contributed by atoms with E-state index in [-0.39, 0.29) is 15.7 Å². The Balaban J connectivity index is 2.38. The number of anilines is 1. The second-order valence-corrected chi connectivity index (χ2v) is 6.80. The van der Waals surface area contributed by atoms with Crippen molar-refractivity contribution in [1.82, 2.24) is 0 Å². The van der Waals surface area contributed by atoms with E-state index in [2.05, 4.69) is 0 Å². The van der Waals surface area contributed by atoms with Crippen molar-refractivity contribution in [2.75, 3.05) is 5.73 Å². The van der Waals surface area contributed by atoms with Gasteiger partial charge in [-0.15, -0.1) is 0 Å². The fraction of sp³-hybridized carbons (Fsp3) is 0.143. The third kappa shape index (κ3) is 3.28. The smallest absolute Gasteiger partial charge is 0.183 e. The van der Waals surface area contributed by atoms with Crippen molar-refractivity contribution >= 4 is 27.1 Å². The number of nitrogens with two attached hydrogens (primary N) is 1. The molecule has 0 radical (unpaired) electrons. The molecule has 0 saturated heterocycles. The van der Waals surface area contributed by atoms with Gasteiger partial charge in [-0.2, -0.15) is 0 Å². The summed E-state index contributed by atoms with van der Waals surface area (Å²) >= 11 is 5.95. The molecule has 2 rings (SSSR count). The number of hydrogen-bond donors (Lipinski definition) is 1. The lowest BCUT2D eigenvalue weighted by atomic mass is 10.2. The van der Waals surface area contributed by atoms with Crippen LogP contribution in [0.1, 0.15) is 11.1 Å². The zero-order valence-electron chi connectivity index (χ0n) is 10.4. The first-order valence-corrected chi connectivity index (χ1v) is 7.75. The SMILES string of the molecule is Cc1cccc(CS(=O)(=O)c2ccc(N)cc2Cl)c1. The highest BCUT2D eigenvalue weighted by atomic mass is 35.5. The monoisotopic (exact) mass is 295 g/mol. The normalized spacial score (nSPS) is 11.5. The first kappa shape index (κ1) is 13.9. The van der Waals surface area contributed by atoms with E-state index in [0.29, 0.717) is 5.69 Å². The summed E-state index contributed by atoms with van der Waals surface area (Å²) in [4.78, 5) is 0.116. The second kappa shape index (κ2) is 5.23. The topological polar surface area (TPSA) is 60.2 Å². The molecule has 2 aromatic rings. The average molecular weight is 296 g/mol. The summed E-state index contributed by atoms with van der Waals surface area (Å²) in [6.45, 7) is 1.92. The Morgan fingerprint density at radius 3 is 2.53 bits per heavy atom. The fourth-order valence-corrected chi connectivity index (χ4v) is 3.82. The Labute approximate surface area is 117 Å². The molecular weight excluding hydrogens is 282 g/mol. The van der Waals surface area contributed by atoms with Crippen LogP contribution in [0.15, 0.2) is 47.4 Å². The van der Waals surface area contributed by atoms with Gasteiger partial charge in [0.05, 0.1) is 15.7 Å². The summed E-state index contributed by atoms with van der Waals surface area (Å²) in [5.74, 6) is -0.0711. The van der Waals surface area contributed by atoms with E-state index < -0.39 is 9.84 Å². The largest absolute Gasteiger partial charge is 0.399 e. The quantitative estimate of drug-likeness (QED) is 0.885. The van der Waals surface area contributed by atoms with Crippen LogP contribution in [0, 0.1) is 6.92 Å². The van der Waals surface area contributed by atoms with Crippen LogP contribution in [-0.4, -0.2) is 8.42 Å². The van der Waals surface area contributed by atoms with Crippen molar-refractivity contribution in [3.8, 4) is 0 Å². The summed E-state index contributed by atoms with van der Waals surface area (Å²) in [6.07, 6.45) is 0. The Morgan fingerprint density at radius 1 is 1.16 bits per heavy atom. The lowest BCUT2D eigenvalue weighted by molar-refractivity contribution is 0.595. The van der Waals surface area contributed by atoms with Gasteiger partial charge >= 0.3 is 0 Å². The van der Waals surface area contributed by atoms with Crippen molar-refractivity contribution in [3.05, 3.63) is 58.6 Å². The molecule has 19 heavy (non-hydrogen) atoms. The first-order valence-electron chi connectivity index (χ1n) is 5.72. The van der Waals surface area contributed by atoms with Crippen LogP contribution in [0.2, 0.25) is 5.02 Å². The fourth-order valence-electron chi connectivity index (χ4n) is 1.87. The molecular formula is C14H14ClNO2S. The molecule has 0 aliphatic carbocycles. The van der Waals surface area contributed by atoms with Crippen LogP contribution in [-0.2, 0) is 15.6 Å². The van der Waals surface area contributed by atoms with Gasteiger partial charge in [0.2, 0.25) is 0 Å². The number of sulfone groups is 1. The van der Waals surface area contributed by atoms with E-state index in [4.69, 9.17) is 17.3 Å². The van der Waals surface area contributed by atoms with E-state index in [0.717, 1.165) is 11.1 Å². The van der Waals surface area contributed by atoms with Crippen LogP contribution < -0.4 is 5.73 Å². The van der Waals surface area contributed by atoms with Gasteiger partial charge < -0.3 is 5.73 Å². The van der Waals surface area contributed by atoms with Gasteiger partial charge in [0.15, 0.2) is 9.84 Å². The number of nitrogen functional groups attached to an aromatic ring is 1. The van der Waals surface area contributed by atoms with Crippen LogP contribution in [0.25, 0.3) is 0 Å². The summed E-state index contributed by atoms with van der Waals surface area (Å²) in [7, 11) is -3.47. The minimum Gasteiger partial charge on any atom is -0.399 e. The Kier molecular flexibility index (Phi) is 3.83. The summed E-state index contributed by atoms with van der Waals surface area (Å²) in [5.41, 5.74) is 7.78. The van der Waals surface area contributed by atoms with E-state index in [1.165, 1.54) is 18.2 Å². The average Bonchev–Trinajstić information content (AvgIpc) is 2.27. The zero-order chi connectivity index (χ0) is 14.0. The van der Waals surface area contributed by atoms with Crippen molar-refractivity contribution in [3.63, 3.8) is 0 Å².